The second-order valence-electron chi connectivity index (χ2n) is 5.92. The number of hydrogen-bond acceptors (Lipinski definition) is 8. The van der Waals surface area contributed by atoms with Gasteiger partial charge in [0.2, 0.25) is 6.04 Å². The molecule has 0 aliphatic heterocycles. The van der Waals surface area contributed by atoms with Crippen molar-refractivity contribution < 1.29 is 28.5 Å². The Morgan fingerprint density at radius 2 is 1.57 bits per heavy atom. The molecule has 0 saturated carbocycles. The van der Waals surface area contributed by atoms with Crippen LogP contribution in [0.4, 0.5) is 11.4 Å². The molecule has 1 amide bonds. The van der Waals surface area contributed by atoms with Gasteiger partial charge in [0.05, 0.1) is 34.1 Å². The Morgan fingerprint density at radius 1 is 0.967 bits per heavy atom. The number of azo groups is 1. The summed E-state index contributed by atoms with van der Waals surface area (Å²) >= 11 is 6.07. The highest BCUT2D eigenvalue weighted by atomic mass is 35.5. The lowest BCUT2D eigenvalue weighted by molar-refractivity contribution is -0.126. The van der Waals surface area contributed by atoms with Gasteiger partial charge in [-0.25, -0.2) is 0 Å². The van der Waals surface area contributed by atoms with E-state index in [1.165, 1.54) is 47.5 Å². The number of amides is 1. The largest absolute Gasteiger partial charge is 0.494 e. The molecule has 1 unspecified atom stereocenters. The number of anilines is 1. The summed E-state index contributed by atoms with van der Waals surface area (Å²) in [5.74, 6) is 0.0888. The van der Waals surface area contributed by atoms with E-state index in [9.17, 15) is 9.59 Å². The number of halogens is 1. The van der Waals surface area contributed by atoms with Gasteiger partial charge in [-0.2, -0.15) is 5.11 Å². The molecule has 0 aliphatic carbocycles. The summed E-state index contributed by atoms with van der Waals surface area (Å²) in [7, 11) is 5.77. The summed E-state index contributed by atoms with van der Waals surface area (Å²) in [4.78, 5) is 24.9. The molecule has 2 aromatic carbocycles. The van der Waals surface area contributed by atoms with Crippen LogP contribution in [0.1, 0.15) is 6.92 Å². The number of benzene rings is 2. The molecule has 0 saturated heterocycles. The minimum absolute atomic E-state index is 0.225. The predicted molar refractivity (Wildman–Crippen MR) is 112 cm³/mol. The summed E-state index contributed by atoms with van der Waals surface area (Å²) in [5.41, 5.74) is 0.478. The molecule has 0 aromatic heterocycles. The van der Waals surface area contributed by atoms with Gasteiger partial charge in [-0.1, -0.05) is 17.7 Å². The van der Waals surface area contributed by atoms with Crippen molar-refractivity contribution in [2.45, 2.75) is 13.0 Å². The molecule has 9 nitrogen and oxygen atoms in total. The number of hydrogen-bond donors (Lipinski definition) is 1. The van der Waals surface area contributed by atoms with Crippen molar-refractivity contribution in [3.63, 3.8) is 0 Å². The van der Waals surface area contributed by atoms with Gasteiger partial charge in [-0.05, 0) is 25.1 Å². The maximum Gasteiger partial charge on any atom is 0.258 e. The summed E-state index contributed by atoms with van der Waals surface area (Å²) in [6.45, 7) is 1.23. The Morgan fingerprint density at radius 3 is 2.07 bits per heavy atom. The van der Waals surface area contributed by atoms with Gasteiger partial charge in [0.25, 0.3) is 5.91 Å². The van der Waals surface area contributed by atoms with E-state index in [2.05, 4.69) is 15.5 Å². The third-order valence-corrected chi connectivity index (χ3v) is 4.23. The van der Waals surface area contributed by atoms with E-state index in [4.69, 9.17) is 30.5 Å². The van der Waals surface area contributed by atoms with Crippen LogP contribution in [0.2, 0.25) is 5.02 Å². The number of nitrogens with one attached hydrogen (secondary N) is 1. The zero-order valence-electron chi connectivity index (χ0n) is 17.2. The highest BCUT2D eigenvalue weighted by molar-refractivity contribution is 6.31. The fourth-order valence-electron chi connectivity index (χ4n) is 2.59. The van der Waals surface area contributed by atoms with Crippen molar-refractivity contribution in [3.05, 3.63) is 35.4 Å². The lowest BCUT2D eigenvalue weighted by Gasteiger charge is -2.15. The van der Waals surface area contributed by atoms with Crippen LogP contribution in [0.15, 0.2) is 40.6 Å². The minimum Gasteiger partial charge on any atom is -0.494 e. The molecule has 2 rings (SSSR count). The Kier molecular flexibility index (Phi) is 7.99. The van der Waals surface area contributed by atoms with E-state index in [0.717, 1.165) is 0 Å². The standard InChI is InChI=1S/C20H22ClN3O6/c1-11(25)17(23-24-18-14(27-2)7-6-8-15(18)28-3)20(26)22-13-9-12(21)10-16(29-4)19(13)30-5/h6-10,17H,1-5H3,(H,22,26). The number of carbonyl (C=O) groups excluding carboxylic acids is 2. The lowest BCUT2D eigenvalue weighted by atomic mass is 10.2. The molecule has 160 valence electrons. The van der Waals surface area contributed by atoms with E-state index >= 15 is 0 Å². The van der Waals surface area contributed by atoms with Gasteiger partial charge in [-0.15, -0.1) is 5.11 Å². The maximum atomic E-state index is 12.8. The smallest absolute Gasteiger partial charge is 0.258 e. The number of carbonyl (C=O) groups is 2. The van der Waals surface area contributed by atoms with Gasteiger partial charge in [-0.3, -0.25) is 9.59 Å². The molecule has 0 bridgehead atoms. The lowest BCUT2D eigenvalue weighted by Crippen LogP contribution is -2.32. The normalized spacial score (nSPS) is 11.7. The summed E-state index contributed by atoms with van der Waals surface area (Å²) in [5, 5.41) is 10.9. The monoisotopic (exact) mass is 435 g/mol. The third-order valence-electron chi connectivity index (χ3n) is 4.01. The summed E-state index contributed by atoms with van der Waals surface area (Å²) < 4.78 is 21.0. The molecule has 0 heterocycles. The zero-order chi connectivity index (χ0) is 22.3. The van der Waals surface area contributed by atoms with Crippen molar-refractivity contribution in [1.82, 2.24) is 0 Å². The first kappa shape index (κ1) is 23.0. The topological polar surface area (TPSA) is 108 Å². The van der Waals surface area contributed by atoms with Crippen LogP contribution < -0.4 is 24.3 Å². The molecule has 0 radical (unpaired) electrons. The molecule has 1 N–H and O–H groups in total. The van der Waals surface area contributed by atoms with Crippen molar-refractivity contribution in [2.75, 3.05) is 33.8 Å². The highest BCUT2D eigenvalue weighted by Gasteiger charge is 2.26. The average molecular weight is 436 g/mol. The van der Waals surface area contributed by atoms with Crippen molar-refractivity contribution >= 4 is 34.7 Å². The van der Waals surface area contributed by atoms with Crippen LogP contribution in [0.3, 0.4) is 0 Å². The highest BCUT2D eigenvalue weighted by Crippen LogP contribution is 2.39. The average Bonchev–Trinajstić information content (AvgIpc) is 2.72. The fraction of sp³-hybridized carbons (Fsp3) is 0.300. The van der Waals surface area contributed by atoms with Crippen molar-refractivity contribution in [2.24, 2.45) is 10.2 Å². The molecule has 10 heteroatoms. The Bertz CT molecular complexity index is 942. The SMILES string of the molecule is COc1cccc(OC)c1N=NC(C(C)=O)C(=O)Nc1cc(Cl)cc(OC)c1OC. The first-order valence-corrected chi connectivity index (χ1v) is 9.08. The second kappa shape index (κ2) is 10.4. The van der Waals surface area contributed by atoms with Crippen LogP contribution in [0, 0.1) is 0 Å². The zero-order valence-corrected chi connectivity index (χ0v) is 17.9. The third kappa shape index (κ3) is 5.18. The van der Waals surface area contributed by atoms with Gasteiger partial charge in [0.15, 0.2) is 23.0 Å². The Labute approximate surface area is 178 Å². The Hall–Kier alpha value is -3.33. The van der Waals surface area contributed by atoms with E-state index in [1.807, 2.05) is 0 Å². The number of ketones is 1. The first-order chi connectivity index (χ1) is 14.4. The first-order valence-electron chi connectivity index (χ1n) is 8.70. The summed E-state index contributed by atoms with van der Waals surface area (Å²) in [6.07, 6.45) is 0. The molecular weight excluding hydrogens is 414 g/mol. The van der Waals surface area contributed by atoms with Gasteiger partial charge >= 0.3 is 0 Å². The van der Waals surface area contributed by atoms with Crippen LogP contribution in [0.25, 0.3) is 0 Å². The van der Waals surface area contributed by atoms with Crippen molar-refractivity contribution in [3.8, 4) is 23.0 Å². The molecule has 30 heavy (non-hydrogen) atoms. The van der Waals surface area contributed by atoms with E-state index in [-0.39, 0.29) is 17.1 Å². The quantitative estimate of drug-likeness (QED) is 0.470. The Balaban J connectivity index is 2.37. The maximum absolute atomic E-state index is 12.8. The number of rotatable bonds is 9. The van der Waals surface area contributed by atoms with E-state index in [0.29, 0.717) is 22.3 Å². The van der Waals surface area contributed by atoms with Gasteiger partial charge in [0.1, 0.15) is 11.5 Å². The minimum atomic E-state index is -1.42. The number of nitrogens with zero attached hydrogens (tertiary/aromatic N) is 2. The molecule has 2 aromatic rings. The van der Waals surface area contributed by atoms with Gasteiger partial charge < -0.3 is 24.3 Å². The number of Topliss-reactive ketones (excluding diaryl/α,β-unsaturated/α-hetero) is 1. The molecule has 0 aliphatic rings. The van der Waals surface area contributed by atoms with Crippen LogP contribution in [-0.2, 0) is 9.59 Å². The number of methoxy groups -OCH3 is 4. The van der Waals surface area contributed by atoms with Crippen LogP contribution >= 0.6 is 11.6 Å². The van der Waals surface area contributed by atoms with Crippen LogP contribution in [0.5, 0.6) is 23.0 Å². The number of ether oxygens (including phenoxy) is 4. The molecule has 0 spiro atoms. The second-order valence-corrected chi connectivity index (χ2v) is 6.35. The summed E-state index contributed by atoms with van der Waals surface area (Å²) in [6, 6.07) is 6.61. The van der Waals surface area contributed by atoms with Gasteiger partial charge in [0, 0.05) is 11.1 Å². The predicted octanol–water partition coefficient (Wildman–Crippen LogP) is 4.05. The van der Waals surface area contributed by atoms with Crippen molar-refractivity contribution in [1.29, 1.82) is 0 Å². The van der Waals surface area contributed by atoms with Crippen LogP contribution in [-0.4, -0.2) is 46.2 Å². The van der Waals surface area contributed by atoms with E-state index in [1.54, 1.807) is 18.2 Å². The molecule has 0 fully saturated rings. The van der Waals surface area contributed by atoms with E-state index < -0.39 is 17.7 Å². The fourth-order valence-corrected chi connectivity index (χ4v) is 2.80. The molecular formula is C20H22ClN3O6. The molecule has 1 atom stereocenters.